The first kappa shape index (κ1) is 29.1. The quantitative estimate of drug-likeness (QED) is 0.193. The third-order valence-corrected chi connectivity index (χ3v) is 7.84. The lowest BCUT2D eigenvalue weighted by Crippen LogP contribution is -2.41. The zero-order chi connectivity index (χ0) is 29.3. The molecular formula is C32H35ClN8O. The fourth-order valence-corrected chi connectivity index (χ4v) is 5.53. The smallest absolute Gasteiger partial charge is 0.242 e. The lowest BCUT2D eigenvalue weighted by atomic mass is 9.84. The molecule has 0 bridgehead atoms. The van der Waals surface area contributed by atoms with E-state index in [4.69, 9.17) is 26.8 Å². The number of amides is 1. The highest BCUT2D eigenvalue weighted by Gasteiger charge is 2.25. The van der Waals surface area contributed by atoms with Gasteiger partial charge in [-0.25, -0.2) is 4.98 Å². The molecule has 0 spiro atoms. The molecule has 10 heteroatoms. The SMILES string of the molecule is Cc1cncn1-c1cc(N[C@H](CC2CCCCC2)C(=O)NCc2ccc(C#N)cc2)nc(NCc2cccc(Cl)c2)n1. The molecule has 1 atom stereocenters. The Morgan fingerprint density at radius 3 is 2.60 bits per heavy atom. The highest BCUT2D eigenvalue weighted by atomic mass is 35.5. The Morgan fingerprint density at radius 1 is 1.07 bits per heavy atom. The molecular weight excluding hydrogens is 548 g/mol. The average Bonchev–Trinajstić information content (AvgIpc) is 3.45. The summed E-state index contributed by atoms with van der Waals surface area (Å²) in [7, 11) is 0. The van der Waals surface area contributed by atoms with Crippen LogP contribution in [0.4, 0.5) is 11.8 Å². The molecule has 0 saturated heterocycles. The molecule has 1 saturated carbocycles. The summed E-state index contributed by atoms with van der Waals surface area (Å²) >= 11 is 6.18. The summed E-state index contributed by atoms with van der Waals surface area (Å²) in [5, 5.41) is 19.6. The molecule has 1 aliphatic carbocycles. The van der Waals surface area contributed by atoms with E-state index < -0.39 is 6.04 Å². The van der Waals surface area contributed by atoms with Gasteiger partial charge in [-0.2, -0.15) is 15.2 Å². The first-order valence-corrected chi connectivity index (χ1v) is 14.7. The van der Waals surface area contributed by atoms with E-state index >= 15 is 0 Å². The molecule has 4 aromatic rings. The van der Waals surface area contributed by atoms with Gasteiger partial charge in [0.2, 0.25) is 11.9 Å². The number of hydrogen-bond acceptors (Lipinski definition) is 7. The number of anilines is 2. The van der Waals surface area contributed by atoms with Gasteiger partial charge in [-0.15, -0.1) is 0 Å². The highest BCUT2D eigenvalue weighted by molar-refractivity contribution is 6.30. The van der Waals surface area contributed by atoms with Crippen molar-refractivity contribution in [2.45, 2.75) is 64.6 Å². The summed E-state index contributed by atoms with van der Waals surface area (Å²) in [5.74, 6) is 2.01. The molecule has 2 aromatic carbocycles. The normalized spacial score (nSPS) is 14.1. The van der Waals surface area contributed by atoms with Gasteiger partial charge in [-0.05, 0) is 54.7 Å². The van der Waals surface area contributed by atoms with E-state index in [1.807, 2.05) is 54.0 Å². The van der Waals surface area contributed by atoms with Crippen LogP contribution in [0.1, 0.15) is 60.9 Å². The number of aromatic nitrogens is 4. The van der Waals surface area contributed by atoms with Crippen LogP contribution >= 0.6 is 11.6 Å². The predicted molar refractivity (Wildman–Crippen MR) is 164 cm³/mol. The Kier molecular flexibility index (Phi) is 9.67. The van der Waals surface area contributed by atoms with Crippen LogP contribution < -0.4 is 16.0 Å². The van der Waals surface area contributed by atoms with Gasteiger partial charge in [-0.1, -0.05) is 68.0 Å². The molecule has 0 unspecified atom stereocenters. The molecule has 1 fully saturated rings. The molecule has 2 aromatic heterocycles. The number of nitriles is 1. The van der Waals surface area contributed by atoms with Crippen LogP contribution in [0.15, 0.2) is 67.1 Å². The van der Waals surface area contributed by atoms with Crippen molar-refractivity contribution < 1.29 is 4.79 Å². The molecule has 5 rings (SSSR count). The second-order valence-electron chi connectivity index (χ2n) is 10.8. The number of benzene rings is 2. The fourth-order valence-electron chi connectivity index (χ4n) is 5.32. The molecule has 2 heterocycles. The van der Waals surface area contributed by atoms with E-state index in [2.05, 4.69) is 27.0 Å². The monoisotopic (exact) mass is 582 g/mol. The van der Waals surface area contributed by atoms with Crippen LogP contribution in [0.5, 0.6) is 0 Å². The largest absolute Gasteiger partial charge is 0.358 e. The van der Waals surface area contributed by atoms with Crippen molar-refractivity contribution in [3.63, 3.8) is 0 Å². The third kappa shape index (κ3) is 7.86. The van der Waals surface area contributed by atoms with Gasteiger partial charge >= 0.3 is 0 Å². The molecule has 9 nitrogen and oxygen atoms in total. The van der Waals surface area contributed by atoms with Crippen LogP contribution in [0.3, 0.4) is 0 Å². The number of carbonyl (C=O) groups is 1. The Balaban J connectivity index is 1.38. The summed E-state index contributed by atoms with van der Waals surface area (Å²) in [6, 6.07) is 18.4. The van der Waals surface area contributed by atoms with E-state index in [0.29, 0.717) is 53.6 Å². The van der Waals surface area contributed by atoms with E-state index in [9.17, 15) is 4.79 Å². The van der Waals surface area contributed by atoms with Gasteiger partial charge in [0.15, 0.2) is 0 Å². The standard InChI is InChI=1S/C32H35ClN8O/c1-22-18-35-21-41(22)30-16-29(39-32(40-30)37-20-26-8-5-9-27(33)14-26)38-28(15-23-6-3-2-4-7-23)31(42)36-19-25-12-10-24(17-34)11-13-25/h5,8-14,16,18,21,23,28H,2-4,6-7,15,19-20H2,1H3,(H,36,42)(H2,37,38,39,40)/t28-/m1/s1. The number of carbonyl (C=O) groups excluding carboxylic acids is 1. The number of hydrogen-bond donors (Lipinski definition) is 3. The van der Waals surface area contributed by atoms with Crippen LogP contribution in [0, 0.1) is 24.2 Å². The van der Waals surface area contributed by atoms with Gasteiger partial charge in [0.1, 0.15) is 24.0 Å². The van der Waals surface area contributed by atoms with Crippen LogP contribution in [0.25, 0.3) is 5.82 Å². The van der Waals surface area contributed by atoms with Crippen molar-refractivity contribution in [1.82, 2.24) is 24.8 Å². The lowest BCUT2D eigenvalue weighted by Gasteiger charge is -2.27. The zero-order valence-corrected chi connectivity index (χ0v) is 24.4. The van der Waals surface area contributed by atoms with Gasteiger partial charge in [0.05, 0.1) is 11.6 Å². The van der Waals surface area contributed by atoms with Gasteiger partial charge in [-0.3, -0.25) is 9.36 Å². The summed E-state index contributed by atoms with van der Waals surface area (Å²) in [6.45, 7) is 2.83. The van der Waals surface area contributed by atoms with Crippen molar-refractivity contribution in [3.8, 4) is 11.9 Å². The Hall–Kier alpha value is -4.42. The number of rotatable bonds is 11. The minimum atomic E-state index is -0.473. The number of nitrogens with zero attached hydrogens (tertiary/aromatic N) is 5. The second kappa shape index (κ2) is 14.0. The van der Waals surface area contributed by atoms with Crippen LogP contribution in [-0.2, 0) is 17.9 Å². The molecule has 1 amide bonds. The van der Waals surface area contributed by atoms with Gasteiger partial charge in [0.25, 0.3) is 0 Å². The third-order valence-electron chi connectivity index (χ3n) is 7.60. The lowest BCUT2D eigenvalue weighted by molar-refractivity contribution is -0.122. The maximum absolute atomic E-state index is 13.6. The van der Waals surface area contributed by atoms with Gasteiger partial charge in [0, 0.05) is 36.1 Å². The average molecular weight is 583 g/mol. The number of halogens is 1. The molecule has 0 radical (unpaired) electrons. The van der Waals surface area contributed by atoms with E-state index in [0.717, 1.165) is 29.7 Å². The molecule has 3 N–H and O–H groups in total. The van der Waals surface area contributed by atoms with Crippen molar-refractivity contribution in [1.29, 1.82) is 5.26 Å². The van der Waals surface area contributed by atoms with E-state index in [-0.39, 0.29) is 5.91 Å². The van der Waals surface area contributed by atoms with Crippen LogP contribution in [0.2, 0.25) is 5.02 Å². The van der Waals surface area contributed by atoms with Gasteiger partial charge < -0.3 is 16.0 Å². The molecule has 0 aliphatic heterocycles. The van der Waals surface area contributed by atoms with Crippen molar-refractivity contribution in [3.05, 3.63) is 94.5 Å². The van der Waals surface area contributed by atoms with Crippen molar-refractivity contribution >= 4 is 29.3 Å². The first-order valence-electron chi connectivity index (χ1n) is 14.4. The number of nitrogens with one attached hydrogen (secondary N) is 3. The molecule has 1 aliphatic rings. The first-order chi connectivity index (χ1) is 20.5. The Morgan fingerprint density at radius 2 is 1.88 bits per heavy atom. The maximum atomic E-state index is 13.6. The number of aryl methyl sites for hydroxylation is 1. The van der Waals surface area contributed by atoms with Crippen molar-refractivity contribution in [2.24, 2.45) is 5.92 Å². The Labute approximate surface area is 251 Å². The number of imidazole rings is 1. The predicted octanol–water partition coefficient (Wildman–Crippen LogP) is 6.18. The zero-order valence-electron chi connectivity index (χ0n) is 23.7. The Bertz CT molecular complexity index is 1540. The molecule has 42 heavy (non-hydrogen) atoms. The summed E-state index contributed by atoms with van der Waals surface area (Å²) < 4.78 is 1.89. The summed E-state index contributed by atoms with van der Waals surface area (Å²) in [5.41, 5.74) is 3.46. The highest BCUT2D eigenvalue weighted by Crippen LogP contribution is 2.29. The van der Waals surface area contributed by atoms with E-state index in [1.54, 1.807) is 24.7 Å². The minimum absolute atomic E-state index is 0.0858. The molecule has 216 valence electrons. The van der Waals surface area contributed by atoms with E-state index in [1.165, 1.54) is 19.3 Å². The summed E-state index contributed by atoms with van der Waals surface area (Å²) in [6.07, 6.45) is 10.1. The van der Waals surface area contributed by atoms with Crippen molar-refractivity contribution in [2.75, 3.05) is 10.6 Å². The van der Waals surface area contributed by atoms with Crippen LogP contribution in [-0.4, -0.2) is 31.5 Å². The second-order valence-corrected chi connectivity index (χ2v) is 11.2. The fraction of sp³-hybridized carbons (Fsp3) is 0.344. The maximum Gasteiger partial charge on any atom is 0.242 e. The topological polar surface area (TPSA) is 121 Å². The summed E-state index contributed by atoms with van der Waals surface area (Å²) in [4.78, 5) is 27.3. The minimum Gasteiger partial charge on any atom is -0.358 e.